The molecule has 0 aliphatic heterocycles. The number of hydrogen-bond donors (Lipinski definition) is 2. The van der Waals surface area contributed by atoms with Gasteiger partial charge in [-0.1, -0.05) is 24.3 Å². The molecule has 0 fully saturated rings. The lowest BCUT2D eigenvalue weighted by atomic mass is 10.1. The number of nitrogens with one attached hydrogen (secondary N) is 2. The van der Waals surface area contributed by atoms with Gasteiger partial charge in [-0.25, -0.2) is 9.59 Å². The van der Waals surface area contributed by atoms with Gasteiger partial charge in [0.2, 0.25) is 0 Å². The average Bonchev–Trinajstić information content (AvgIpc) is 2.74. The van der Waals surface area contributed by atoms with Crippen LogP contribution in [0.2, 0.25) is 0 Å². The van der Waals surface area contributed by atoms with Crippen molar-refractivity contribution in [1.29, 1.82) is 0 Å². The fourth-order valence-electron chi connectivity index (χ4n) is 2.65. The van der Waals surface area contributed by atoms with E-state index >= 15 is 0 Å². The fraction of sp³-hybridized carbons (Fsp3) is 0.0909. The molecule has 3 rings (SSSR count). The van der Waals surface area contributed by atoms with Crippen molar-refractivity contribution in [1.82, 2.24) is 0 Å². The molecule has 6 heteroatoms. The van der Waals surface area contributed by atoms with E-state index in [0.717, 1.165) is 16.9 Å². The Balaban J connectivity index is 1.62. The first-order valence-corrected chi connectivity index (χ1v) is 8.60. The predicted molar refractivity (Wildman–Crippen MR) is 109 cm³/mol. The summed E-state index contributed by atoms with van der Waals surface area (Å²) in [7, 11) is 2.95. The third-order valence-electron chi connectivity index (χ3n) is 4.11. The number of hydrogen-bond acceptors (Lipinski definition) is 4. The number of methoxy groups -OCH3 is 2. The van der Waals surface area contributed by atoms with Crippen LogP contribution < -0.4 is 15.4 Å². The number of urea groups is 1. The van der Waals surface area contributed by atoms with Crippen LogP contribution in [0.25, 0.3) is 11.1 Å². The molecule has 6 nitrogen and oxygen atoms in total. The van der Waals surface area contributed by atoms with Gasteiger partial charge in [0.05, 0.1) is 19.8 Å². The number of esters is 1. The smallest absolute Gasteiger partial charge is 0.337 e. The maximum atomic E-state index is 12.2. The Morgan fingerprint density at radius 1 is 0.750 bits per heavy atom. The molecule has 2 amide bonds. The van der Waals surface area contributed by atoms with Crippen molar-refractivity contribution in [2.45, 2.75) is 0 Å². The van der Waals surface area contributed by atoms with Gasteiger partial charge in [0.25, 0.3) is 0 Å². The monoisotopic (exact) mass is 376 g/mol. The van der Waals surface area contributed by atoms with E-state index in [2.05, 4.69) is 15.4 Å². The number of anilines is 2. The molecule has 0 bridgehead atoms. The highest BCUT2D eigenvalue weighted by atomic mass is 16.5. The van der Waals surface area contributed by atoms with Crippen molar-refractivity contribution in [3.05, 3.63) is 78.4 Å². The predicted octanol–water partition coefficient (Wildman–Crippen LogP) is 4.79. The van der Waals surface area contributed by atoms with E-state index in [9.17, 15) is 9.59 Å². The number of rotatable bonds is 5. The van der Waals surface area contributed by atoms with Crippen LogP contribution in [0.4, 0.5) is 16.2 Å². The summed E-state index contributed by atoms with van der Waals surface area (Å²) in [6.07, 6.45) is 0. The Bertz CT molecular complexity index is 967. The summed E-state index contributed by atoms with van der Waals surface area (Å²) in [4.78, 5) is 23.6. The quantitative estimate of drug-likeness (QED) is 0.628. The molecule has 0 aromatic heterocycles. The van der Waals surface area contributed by atoms with Gasteiger partial charge in [-0.3, -0.25) is 0 Å². The first-order valence-electron chi connectivity index (χ1n) is 8.60. The van der Waals surface area contributed by atoms with Gasteiger partial charge in [0.1, 0.15) is 5.75 Å². The Morgan fingerprint density at radius 3 is 1.93 bits per heavy atom. The Morgan fingerprint density at radius 2 is 1.36 bits per heavy atom. The number of carbonyl (C=O) groups is 2. The van der Waals surface area contributed by atoms with Crippen molar-refractivity contribution in [2.24, 2.45) is 0 Å². The summed E-state index contributed by atoms with van der Waals surface area (Å²) >= 11 is 0. The first-order chi connectivity index (χ1) is 13.6. The van der Waals surface area contributed by atoms with Crippen LogP contribution >= 0.6 is 0 Å². The summed E-state index contributed by atoms with van der Waals surface area (Å²) in [6.45, 7) is 0. The summed E-state index contributed by atoms with van der Waals surface area (Å²) in [5, 5.41) is 5.49. The van der Waals surface area contributed by atoms with E-state index < -0.39 is 5.97 Å². The molecule has 0 aliphatic carbocycles. The van der Waals surface area contributed by atoms with Crippen LogP contribution in [0.5, 0.6) is 5.75 Å². The topological polar surface area (TPSA) is 76.7 Å². The fourth-order valence-corrected chi connectivity index (χ4v) is 2.65. The van der Waals surface area contributed by atoms with Gasteiger partial charge < -0.3 is 20.1 Å². The van der Waals surface area contributed by atoms with Crippen LogP contribution in [0.15, 0.2) is 72.8 Å². The van der Waals surface area contributed by atoms with Crippen molar-refractivity contribution < 1.29 is 19.1 Å². The second-order valence-corrected chi connectivity index (χ2v) is 5.96. The van der Waals surface area contributed by atoms with E-state index in [4.69, 9.17) is 4.74 Å². The molecule has 0 atom stereocenters. The van der Waals surface area contributed by atoms with E-state index in [0.29, 0.717) is 16.9 Å². The summed E-state index contributed by atoms with van der Waals surface area (Å²) in [5.74, 6) is 0.365. The second-order valence-electron chi connectivity index (χ2n) is 5.96. The molecule has 3 aromatic carbocycles. The van der Waals surface area contributed by atoms with Crippen molar-refractivity contribution in [2.75, 3.05) is 24.9 Å². The average molecular weight is 376 g/mol. The van der Waals surface area contributed by atoms with Gasteiger partial charge in [-0.2, -0.15) is 0 Å². The highest BCUT2D eigenvalue weighted by molar-refractivity contribution is 6.00. The van der Waals surface area contributed by atoms with Crippen LogP contribution in [-0.2, 0) is 4.74 Å². The van der Waals surface area contributed by atoms with Crippen LogP contribution in [0.1, 0.15) is 10.4 Å². The van der Waals surface area contributed by atoms with Crippen LogP contribution in [0.3, 0.4) is 0 Å². The lowest BCUT2D eigenvalue weighted by Gasteiger charge is -2.09. The second kappa shape index (κ2) is 8.73. The number of amides is 2. The molecule has 0 saturated carbocycles. The third kappa shape index (κ3) is 4.67. The van der Waals surface area contributed by atoms with Crippen LogP contribution in [-0.4, -0.2) is 26.2 Å². The molecular weight excluding hydrogens is 356 g/mol. The van der Waals surface area contributed by atoms with Gasteiger partial charge in [0, 0.05) is 11.4 Å². The zero-order chi connectivity index (χ0) is 19.9. The van der Waals surface area contributed by atoms with E-state index in [-0.39, 0.29) is 6.03 Å². The van der Waals surface area contributed by atoms with Crippen molar-refractivity contribution in [3.63, 3.8) is 0 Å². The standard InChI is InChI=1S/C22H20N2O4/c1-27-20-5-3-4-17(14-20)15-6-10-18(11-7-15)23-22(26)24-19-12-8-16(9-13-19)21(25)28-2/h3-14H,1-2H3,(H2,23,24,26). The van der Waals surface area contributed by atoms with Crippen molar-refractivity contribution >= 4 is 23.4 Å². The Labute approximate surface area is 163 Å². The highest BCUT2D eigenvalue weighted by Crippen LogP contribution is 2.25. The summed E-state index contributed by atoms with van der Waals surface area (Å²) < 4.78 is 9.89. The molecular formula is C22H20N2O4. The molecule has 2 N–H and O–H groups in total. The summed E-state index contributed by atoms with van der Waals surface area (Å²) in [5.41, 5.74) is 3.69. The minimum Gasteiger partial charge on any atom is -0.497 e. The minimum atomic E-state index is -0.424. The molecule has 142 valence electrons. The lowest BCUT2D eigenvalue weighted by Crippen LogP contribution is -2.19. The molecule has 0 radical (unpaired) electrons. The largest absolute Gasteiger partial charge is 0.497 e. The molecule has 0 spiro atoms. The zero-order valence-corrected chi connectivity index (χ0v) is 15.6. The normalized spacial score (nSPS) is 10.1. The molecule has 3 aromatic rings. The maximum absolute atomic E-state index is 12.2. The van der Waals surface area contributed by atoms with Gasteiger partial charge >= 0.3 is 12.0 Å². The number of ether oxygens (including phenoxy) is 2. The van der Waals surface area contributed by atoms with E-state index in [1.54, 1.807) is 31.4 Å². The highest BCUT2D eigenvalue weighted by Gasteiger charge is 2.07. The molecule has 0 heterocycles. The van der Waals surface area contributed by atoms with Gasteiger partial charge in [0.15, 0.2) is 0 Å². The maximum Gasteiger partial charge on any atom is 0.337 e. The zero-order valence-electron chi connectivity index (χ0n) is 15.6. The number of benzene rings is 3. The minimum absolute atomic E-state index is 0.375. The summed E-state index contributed by atoms with van der Waals surface area (Å²) in [6, 6.07) is 21.3. The lowest BCUT2D eigenvalue weighted by molar-refractivity contribution is 0.0600. The van der Waals surface area contributed by atoms with Gasteiger partial charge in [-0.15, -0.1) is 0 Å². The third-order valence-corrected chi connectivity index (χ3v) is 4.11. The molecule has 0 aliphatic rings. The Kier molecular flexibility index (Phi) is 5.91. The van der Waals surface area contributed by atoms with E-state index in [1.165, 1.54) is 7.11 Å². The van der Waals surface area contributed by atoms with Gasteiger partial charge in [-0.05, 0) is 59.7 Å². The molecule has 0 unspecified atom stereocenters. The SMILES string of the molecule is COC(=O)c1ccc(NC(=O)Nc2ccc(-c3cccc(OC)c3)cc2)cc1. The first kappa shape index (κ1) is 19.0. The Hall–Kier alpha value is -3.80. The molecule has 28 heavy (non-hydrogen) atoms. The molecule has 0 saturated heterocycles. The van der Waals surface area contributed by atoms with Crippen LogP contribution in [0, 0.1) is 0 Å². The van der Waals surface area contributed by atoms with E-state index in [1.807, 2.05) is 48.5 Å². The van der Waals surface area contributed by atoms with Crippen molar-refractivity contribution in [3.8, 4) is 16.9 Å². The number of carbonyl (C=O) groups excluding carboxylic acids is 2.